The molecule has 2 heterocycles. The largest absolute Gasteiger partial charge is 0.506 e. The van der Waals surface area contributed by atoms with Crippen LogP contribution in [0.1, 0.15) is 0 Å². The zero-order valence-electron chi connectivity index (χ0n) is 16.5. The van der Waals surface area contributed by atoms with Crippen LogP contribution in [0.25, 0.3) is 0 Å². The molecule has 2 aromatic carbocycles. The van der Waals surface area contributed by atoms with E-state index in [2.05, 4.69) is 15.5 Å². The fourth-order valence-corrected chi connectivity index (χ4v) is 3.53. The predicted molar refractivity (Wildman–Crippen MR) is 111 cm³/mol. The van der Waals surface area contributed by atoms with Gasteiger partial charge in [-0.25, -0.2) is 4.79 Å². The van der Waals surface area contributed by atoms with Crippen molar-refractivity contribution >= 4 is 23.3 Å². The number of aromatic hydroxyl groups is 1. The maximum absolute atomic E-state index is 12.2. The van der Waals surface area contributed by atoms with Crippen LogP contribution in [-0.2, 0) is 4.79 Å². The third kappa shape index (κ3) is 4.74. The van der Waals surface area contributed by atoms with Crippen LogP contribution in [0.15, 0.2) is 42.5 Å². The Bertz CT molecular complexity index is 927. The summed E-state index contributed by atoms with van der Waals surface area (Å²) in [7, 11) is 0. The van der Waals surface area contributed by atoms with Crippen LogP contribution in [0.5, 0.6) is 17.2 Å². The number of nitrogens with zero attached hydrogens (tertiary/aromatic N) is 2. The molecule has 0 spiro atoms. The van der Waals surface area contributed by atoms with Crippen molar-refractivity contribution in [2.45, 2.75) is 0 Å². The second kappa shape index (κ2) is 8.91. The van der Waals surface area contributed by atoms with Crippen LogP contribution in [0.4, 0.5) is 16.2 Å². The van der Waals surface area contributed by atoms with Crippen molar-refractivity contribution in [2.75, 3.05) is 56.2 Å². The molecule has 0 saturated carbocycles. The van der Waals surface area contributed by atoms with E-state index in [0.717, 1.165) is 5.69 Å². The average Bonchev–Trinajstić information content (AvgIpc) is 2.74. The van der Waals surface area contributed by atoms with E-state index >= 15 is 0 Å². The molecule has 3 N–H and O–H groups in total. The van der Waals surface area contributed by atoms with Gasteiger partial charge in [-0.1, -0.05) is 12.1 Å². The van der Waals surface area contributed by atoms with Gasteiger partial charge in [-0.3, -0.25) is 15.0 Å². The van der Waals surface area contributed by atoms with E-state index < -0.39 is 6.03 Å². The summed E-state index contributed by atoms with van der Waals surface area (Å²) in [5.41, 5.74) is 1.31. The quantitative estimate of drug-likeness (QED) is 0.701. The number of imide groups is 1. The lowest BCUT2D eigenvalue weighted by atomic mass is 10.2. The Hall–Kier alpha value is -3.46. The molecule has 0 atom stereocenters. The van der Waals surface area contributed by atoms with Gasteiger partial charge in [0.2, 0.25) is 5.91 Å². The summed E-state index contributed by atoms with van der Waals surface area (Å²) in [4.78, 5) is 28.4. The van der Waals surface area contributed by atoms with Gasteiger partial charge in [-0.2, -0.15) is 0 Å². The van der Waals surface area contributed by atoms with Gasteiger partial charge in [-0.15, -0.1) is 0 Å². The first-order chi connectivity index (χ1) is 14.6. The lowest BCUT2D eigenvalue weighted by molar-refractivity contribution is -0.121. The molecule has 9 heteroatoms. The number of rotatable bonds is 4. The van der Waals surface area contributed by atoms with E-state index in [-0.39, 0.29) is 18.2 Å². The Labute approximate surface area is 174 Å². The molecule has 1 saturated heterocycles. The number of nitrogens with one attached hydrogen (secondary N) is 2. The molecule has 9 nitrogen and oxygen atoms in total. The van der Waals surface area contributed by atoms with Crippen LogP contribution in [-0.4, -0.2) is 67.9 Å². The topological polar surface area (TPSA) is 103 Å². The molecule has 2 aromatic rings. The van der Waals surface area contributed by atoms with Gasteiger partial charge in [0.05, 0.1) is 12.2 Å². The number of benzene rings is 2. The van der Waals surface area contributed by atoms with Crippen LogP contribution in [0.2, 0.25) is 0 Å². The van der Waals surface area contributed by atoms with Crippen LogP contribution >= 0.6 is 0 Å². The maximum Gasteiger partial charge on any atom is 0.325 e. The summed E-state index contributed by atoms with van der Waals surface area (Å²) in [6.07, 6.45) is 0. The molecular formula is C21H24N4O5. The maximum atomic E-state index is 12.2. The molecule has 3 amide bonds. The molecule has 0 aliphatic carbocycles. The van der Waals surface area contributed by atoms with E-state index in [1.165, 1.54) is 0 Å². The number of hydrogen-bond acceptors (Lipinski definition) is 7. The van der Waals surface area contributed by atoms with Gasteiger partial charge >= 0.3 is 6.03 Å². The molecule has 30 heavy (non-hydrogen) atoms. The number of amides is 3. The van der Waals surface area contributed by atoms with E-state index in [4.69, 9.17) is 9.47 Å². The van der Waals surface area contributed by atoms with Crippen LogP contribution < -0.4 is 25.0 Å². The summed E-state index contributed by atoms with van der Waals surface area (Å²) in [5.74, 6) is 1.07. The van der Waals surface area contributed by atoms with E-state index in [1.807, 2.05) is 17.0 Å². The Morgan fingerprint density at radius 1 is 0.967 bits per heavy atom. The second-order valence-electron chi connectivity index (χ2n) is 7.11. The zero-order valence-corrected chi connectivity index (χ0v) is 16.5. The Morgan fingerprint density at radius 2 is 1.70 bits per heavy atom. The molecule has 2 aliphatic rings. The van der Waals surface area contributed by atoms with Crippen molar-refractivity contribution in [3.8, 4) is 17.2 Å². The van der Waals surface area contributed by atoms with Crippen molar-refractivity contribution in [3.63, 3.8) is 0 Å². The van der Waals surface area contributed by atoms with Crippen molar-refractivity contribution in [2.24, 2.45) is 0 Å². The highest BCUT2D eigenvalue weighted by Crippen LogP contribution is 2.32. The smallest absolute Gasteiger partial charge is 0.325 e. The number of phenols is 1. The van der Waals surface area contributed by atoms with E-state index in [1.54, 1.807) is 30.3 Å². The number of hydrogen-bond donors (Lipinski definition) is 3. The molecule has 0 unspecified atom stereocenters. The lowest BCUT2D eigenvalue weighted by Crippen LogP contribution is -2.50. The summed E-state index contributed by atoms with van der Waals surface area (Å²) >= 11 is 0. The number of piperazine rings is 1. The van der Waals surface area contributed by atoms with Crippen molar-refractivity contribution in [3.05, 3.63) is 42.5 Å². The first-order valence-corrected chi connectivity index (χ1v) is 9.84. The van der Waals surface area contributed by atoms with E-state index in [9.17, 15) is 14.7 Å². The molecule has 158 valence electrons. The van der Waals surface area contributed by atoms with Crippen molar-refractivity contribution in [1.29, 1.82) is 0 Å². The standard InChI is InChI=1S/C21H24N4O5/c26-17-4-2-1-3-16(17)25-9-7-24(8-10-25)14-20(27)23-21(28)22-15-5-6-18-19(13-15)30-12-11-29-18/h1-6,13,26H,7-12,14H2,(H2,22,23,27,28). The number of carbonyl (C=O) groups excluding carboxylic acids is 2. The number of urea groups is 1. The van der Waals surface area contributed by atoms with Crippen LogP contribution in [0.3, 0.4) is 0 Å². The van der Waals surface area contributed by atoms with Gasteiger partial charge in [0.15, 0.2) is 11.5 Å². The minimum atomic E-state index is -0.593. The molecule has 2 aliphatic heterocycles. The lowest BCUT2D eigenvalue weighted by Gasteiger charge is -2.35. The highest BCUT2D eigenvalue weighted by Gasteiger charge is 2.21. The molecule has 0 bridgehead atoms. The third-order valence-corrected chi connectivity index (χ3v) is 5.01. The van der Waals surface area contributed by atoms with Gasteiger partial charge in [-0.05, 0) is 24.3 Å². The highest BCUT2D eigenvalue weighted by molar-refractivity contribution is 6.01. The Kier molecular flexibility index (Phi) is 5.89. The number of anilines is 2. The first kappa shape index (κ1) is 19.8. The average molecular weight is 412 g/mol. The van der Waals surface area contributed by atoms with E-state index in [0.29, 0.717) is 56.6 Å². The Balaban J connectivity index is 1.23. The monoisotopic (exact) mass is 412 g/mol. The number of para-hydroxylation sites is 2. The number of phenolic OH excluding ortho intramolecular Hbond substituents is 1. The SMILES string of the molecule is O=C(CN1CCN(c2ccccc2O)CC1)NC(=O)Nc1ccc2c(c1)OCCO2. The fourth-order valence-electron chi connectivity index (χ4n) is 3.53. The fraction of sp³-hybridized carbons (Fsp3) is 0.333. The molecule has 4 rings (SSSR count). The molecular weight excluding hydrogens is 388 g/mol. The zero-order chi connectivity index (χ0) is 20.9. The van der Waals surface area contributed by atoms with Crippen molar-refractivity contribution in [1.82, 2.24) is 10.2 Å². The number of fused-ring (bicyclic) bond motifs is 1. The summed E-state index contributed by atoms with van der Waals surface area (Å²) in [6, 6.07) is 11.7. The minimum Gasteiger partial charge on any atom is -0.506 e. The number of ether oxygens (including phenoxy) is 2. The first-order valence-electron chi connectivity index (χ1n) is 9.84. The highest BCUT2D eigenvalue weighted by atomic mass is 16.6. The predicted octanol–water partition coefficient (Wildman–Crippen LogP) is 1.63. The summed E-state index contributed by atoms with van der Waals surface area (Å²) in [5, 5.41) is 15.0. The summed E-state index contributed by atoms with van der Waals surface area (Å²) in [6.45, 7) is 3.77. The second-order valence-corrected chi connectivity index (χ2v) is 7.11. The minimum absolute atomic E-state index is 0.128. The summed E-state index contributed by atoms with van der Waals surface area (Å²) < 4.78 is 10.9. The Morgan fingerprint density at radius 3 is 2.47 bits per heavy atom. The van der Waals surface area contributed by atoms with Gasteiger partial charge in [0.1, 0.15) is 19.0 Å². The molecule has 1 fully saturated rings. The number of carbonyl (C=O) groups is 2. The van der Waals surface area contributed by atoms with Crippen molar-refractivity contribution < 1.29 is 24.2 Å². The van der Waals surface area contributed by atoms with Gasteiger partial charge in [0, 0.05) is 37.9 Å². The third-order valence-electron chi connectivity index (χ3n) is 5.01. The molecule has 0 aromatic heterocycles. The van der Waals surface area contributed by atoms with Gasteiger partial charge in [0.25, 0.3) is 0 Å². The normalized spacial score (nSPS) is 16.1. The molecule has 0 radical (unpaired) electrons. The van der Waals surface area contributed by atoms with Gasteiger partial charge < -0.3 is 24.8 Å². The van der Waals surface area contributed by atoms with Crippen LogP contribution in [0, 0.1) is 0 Å².